The molecule has 5 rings (SSSR count). The van der Waals surface area contributed by atoms with Gasteiger partial charge in [-0.2, -0.15) is 0 Å². The van der Waals surface area contributed by atoms with Gasteiger partial charge < -0.3 is 39.8 Å². The van der Waals surface area contributed by atoms with E-state index >= 15 is 0 Å². The fraction of sp³-hybridized carbons (Fsp3) is 0.483. The van der Waals surface area contributed by atoms with E-state index in [0.717, 1.165) is 12.8 Å². The Bertz CT molecular complexity index is 1280. The van der Waals surface area contributed by atoms with Crippen molar-refractivity contribution >= 4 is 29.2 Å². The first-order chi connectivity index (χ1) is 19.2. The van der Waals surface area contributed by atoms with E-state index in [4.69, 9.17) is 14.2 Å². The molecule has 0 aromatic heterocycles. The molecule has 2 aromatic rings. The number of aliphatic hydroxyl groups is 1. The summed E-state index contributed by atoms with van der Waals surface area (Å²) in [6.07, 6.45) is 1.38. The molecular weight excluding hydrogens is 516 g/mol. The molecule has 1 saturated carbocycles. The Kier molecular flexibility index (Phi) is 8.02. The number of carbonyl (C=O) groups is 3. The smallest absolute Gasteiger partial charge is 0.321 e. The number of fused-ring (bicyclic) bond motifs is 2. The van der Waals surface area contributed by atoms with Crippen LogP contribution in [0.3, 0.4) is 0 Å². The third-order valence-electron chi connectivity index (χ3n) is 7.56. The fourth-order valence-corrected chi connectivity index (χ4v) is 4.86. The molecule has 11 heteroatoms. The molecule has 3 aliphatic rings. The summed E-state index contributed by atoms with van der Waals surface area (Å²) < 4.78 is 17.2. The lowest BCUT2D eigenvalue weighted by Crippen LogP contribution is -2.48. The van der Waals surface area contributed by atoms with E-state index < -0.39 is 6.10 Å². The van der Waals surface area contributed by atoms with Crippen LogP contribution in [0, 0.1) is 11.8 Å². The second-order valence-corrected chi connectivity index (χ2v) is 10.9. The van der Waals surface area contributed by atoms with Crippen molar-refractivity contribution in [3.05, 3.63) is 42.0 Å². The van der Waals surface area contributed by atoms with Crippen molar-refractivity contribution < 1.29 is 33.7 Å². The Balaban J connectivity index is 1.35. The van der Waals surface area contributed by atoms with Crippen molar-refractivity contribution in [3.63, 3.8) is 0 Å². The molecule has 0 bridgehead atoms. The maximum Gasteiger partial charge on any atom is 0.321 e. The van der Waals surface area contributed by atoms with Crippen molar-refractivity contribution in [2.75, 3.05) is 44.2 Å². The summed E-state index contributed by atoms with van der Waals surface area (Å²) >= 11 is 0. The van der Waals surface area contributed by atoms with Gasteiger partial charge in [0.15, 0.2) is 11.5 Å². The molecule has 214 valence electrons. The summed E-state index contributed by atoms with van der Waals surface area (Å²) in [6.45, 7) is 4.33. The molecule has 3 atom stereocenters. The van der Waals surface area contributed by atoms with Crippen LogP contribution in [-0.4, -0.2) is 78.4 Å². The van der Waals surface area contributed by atoms with Gasteiger partial charge in [-0.15, -0.1) is 0 Å². The van der Waals surface area contributed by atoms with Crippen molar-refractivity contribution in [1.29, 1.82) is 0 Å². The zero-order chi connectivity index (χ0) is 28.4. The number of nitrogens with one attached hydrogen (secondary N) is 2. The minimum Gasteiger partial charge on any atom is -0.488 e. The highest BCUT2D eigenvalue weighted by Gasteiger charge is 2.33. The highest BCUT2D eigenvalue weighted by atomic mass is 16.7. The van der Waals surface area contributed by atoms with E-state index in [1.165, 1.54) is 4.90 Å². The maximum atomic E-state index is 13.4. The minimum atomic E-state index is -0.461. The van der Waals surface area contributed by atoms with Gasteiger partial charge in [0.1, 0.15) is 11.9 Å². The summed E-state index contributed by atoms with van der Waals surface area (Å²) in [5.74, 6) is 1.45. The van der Waals surface area contributed by atoms with Crippen LogP contribution in [0.15, 0.2) is 36.4 Å². The third-order valence-corrected chi connectivity index (χ3v) is 7.56. The van der Waals surface area contributed by atoms with Crippen molar-refractivity contribution in [3.8, 4) is 17.2 Å². The lowest BCUT2D eigenvalue weighted by atomic mass is 10.0. The van der Waals surface area contributed by atoms with Gasteiger partial charge in [-0.05, 0) is 50.1 Å². The molecule has 0 spiro atoms. The molecule has 0 unspecified atom stereocenters. The van der Waals surface area contributed by atoms with Crippen LogP contribution < -0.4 is 24.8 Å². The minimum absolute atomic E-state index is 0.0209. The second-order valence-electron chi connectivity index (χ2n) is 10.9. The maximum absolute atomic E-state index is 13.4. The van der Waals surface area contributed by atoms with E-state index in [2.05, 4.69) is 10.6 Å². The monoisotopic (exact) mass is 552 g/mol. The van der Waals surface area contributed by atoms with Crippen LogP contribution in [0.25, 0.3) is 0 Å². The van der Waals surface area contributed by atoms with E-state index in [0.29, 0.717) is 40.7 Å². The number of anilines is 2. The SMILES string of the molecule is C[C@@H]1CN([C@@H](C)CO)C(=O)Cc2cc(NC(=O)C3CC3)ccc2O[C@@H]1CN(C)C(=O)Nc1ccc2c(c1)OCO2. The number of urea groups is 1. The Hall–Kier alpha value is -3.99. The second kappa shape index (κ2) is 11.6. The quantitative estimate of drug-likeness (QED) is 0.481. The van der Waals surface area contributed by atoms with Crippen LogP contribution >= 0.6 is 0 Å². The summed E-state index contributed by atoms with van der Waals surface area (Å²) in [7, 11) is 1.68. The molecule has 1 aliphatic carbocycles. The average molecular weight is 553 g/mol. The molecule has 3 N–H and O–H groups in total. The molecule has 2 aromatic carbocycles. The van der Waals surface area contributed by atoms with Gasteiger partial charge in [-0.1, -0.05) is 6.92 Å². The molecule has 4 amide bonds. The lowest BCUT2D eigenvalue weighted by Gasteiger charge is -2.34. The summed E-state index contributed by atoms with van der Waals surface area (Å²) in [5.41, 5.74) is 1.82. The Morgan fingerprint density at radius 1 is 1.07 bits per heavy atom. The first-order valence-corrected chi connectivity index (χ1v) is 13.6. The van der Waals surface area contributed by atoms with Crippen molar-refractivity contribution in [1.82, 2.24) is 9.80 Å². The van der Waals surface area contributed by atoms with Crippen LogP contribution in [0.2, 0.25) is 0 Å². The molecule has 40 heavy (non-hydrogen) atoms. The van der Waals surface area contributed by atoms with Crippen LogP contribution in [-0.2, 0) is 16.0 Å². The number of benzene rings is 2. The van der Waals surface area contributed by atoms with Gasteiger partial charge in [0.2, 0.25) is 18.6 Å². The lowest BCUT2D eigenvalue weighted by molar-refractivity contribution is -0.134. The van der Waals surface area contributed by atoms with Gasteiger partial charge in [0.05, 0.1) is 25.6 Å². The van der Waals surface area contributed by atoms with Crippen LogP contribution in [0.5, 0.6) is 17.2 Å². The largest absolute Gasteiger partial charge is 0.488 e. The summed E-state index contributed by atoms with van der Waals surface area (Å²) in [5, 5.41) is 15.7. The molecule has 0 radical (unpaired) electrons. The normalized spacial score (nSPS) is 20.8. The number of hydrogen-bond acceptors (Lipinski definition) is 7. The van der Waals surface area contributed by atoms with Gasteiger partial charge in [-0.3, -0.25) is 9.59 Å². The first-order valence-electron chi connectivity index (χ1n) is 13.6. The fourth-order valence-electron chi connectivity index (χ4n) is 4.86. The number of ether oxygens (including phenoxy) is 3. The average Bonchev–Trinajstić information content (AvgIpc) is 3.68. The molecule has 1 fully saturated rings. The first kappa shape index (κ1) is 27.6. The highest BCUT2D eigenvalue weighted by molar-refractivity contribution is 5.94. The van der Waals surface area contributed by atoms with E-state index in [9.17, 15) is 19.5 Å². The van der Waals surface area contributed by atoms with Gasteiger partial charge in [0.25, 0.3) is 0 Å². The number of rotatable bonds is 7. The van der Waals surface area contributed by atoms with Crippen molar-refractivity contribution in [2.45, 2.75) is 45.3 Å². The molecule has 2 heterocycles. The van der Waals surface area contributed by atoms with Gasteiger partial charge in [0, 0.05) is 48.4 Å². The third kappa shape index (κ3) is 6.25. The Morgan fingerprint density at radius 2 is 1.77 bits per heavy atom. The van der Waals surface area contributed by atoms with Gasteiger partial charge >= 0.3 is 6.03 Å². The highest BCUT2D eigenvalue weighted by Crippen LogP contribution is 2.35. The molecule has 11 nitrogen and oxygen atoms in total. The number of carbonyl (C=O) groups excluding carboxylic acids is 3. The zero-order valence-corrected chi connectivity index (χ0v) is 23.0. The predicted octanol–water partition coefficient (Wildman–Crippen LogP) is 3.08. The van der Waals surface area contributed by atoms with Gasteiger partial charge in [-0.25, -0.2) is 4.79 Å². The van der Waals surface area contributed by atoms with E-state index in [1.807, 2.05) is 6.92 Å². The number of hydrogen-bond donors (Lipinski definition) is 3. The Morgan fingerprint density at radius 3 is 2.50 bits per heavy atom. The Labute approximate surface area is 233 Å². The molecule has 2 aliphatic heterocycles. The van der Waals surface area contributed by atoms with E-state index in [-0.39, 0.29) is 62.1 Å². The number of likely N-dealkylation sites (N-methyl/N-ethyl adjacent to an activating group) is 1. The number of amides is 4. The molecular formula is C29H36N4O7. The van der Waals surface area contributed by atoms with Crippen LogP contribution in [0.1, 0.15) is 32.3 Å². The topological polar surface area (TPSA) is 130 Å². The summed E-state index contributed by atoms with van der Waals surface area (Å²) in [6, 6.07) is 9.80. The summed E-state index contributed by atoms with van der Waals surface area (Å²) in [4.78, 5) is 42.0. The predicted molar refractivity (Wildman–Crippen MR) is 148 cm³/mol. The standard InChI is InChI=1S/C29H36N4O7/c1-17-13-33(18(2)15-34)27(35)11-20-10-21(30-28(36)19-4-5-19)6-8-23(20)40-26(17)14-32(3)29(37)31-22-7-9-24-25(12-22)39-16-38-24/h6-10,12,17-19,26,34H,4-5,11,13-16H2,1-3H3,(H,30,36)(H,31,37)/t17-,18+,26-/m1/s1. The van der Waals surface area contributed by atoms with E-state index in [1.54, 1.807) is 55.3 Å². The molecule has 0 saturated heterocycles. The number of nitrogens with zero attached hydrogens (tertiary/aromatic N) is 2. The zero-order valence-electron chi connectivity index (χ0n) is 23.0. The van der Waals surface area contributed by atoms with Crippen molar-refractivity contribution in [2.24, 2.45) is 11.8 Å². The van der Waals surface area contributed by atoms with Crippen LogP contribution in [0.4, 0.5) is 16.2 Å². The number of aliphatic hydroxyl groups excluding tert-OH is 1.